The highest BCUT2D eigenvalue weighted by molar-refractivity contribution is 5.88. The predicted octanol–water partition coefficient (Wildman–Crippen LogP) is 4.71. The Labute approximate surface area is 210 Å². The maximum Gasteiger partial charge on any atom is 0.122 e. The monoisotopic (exact) mass is 475 g/mol. The van der Waals surface area contributed by atoms with Gasteiger partial charge in [-0.15, -0.1) is 5.10 Å². The summed E-state index contributed by atoms with van der Waals surface area (Å²) in [6.45, 7) is 6.73. The highest BCUT2D eigenvalue weighted by atomic mass is 15.4. The maximum atomic E-state index is 4.82. The number of nitrogens with one attached hydrogen (secondary N) is 1. The molecule has 0 bridgehead atoms. The second kappa shape index (κ2) is 9.87. The van der Waals surface area contributed by atoms with E-state index in [1.165, 1.54) is 5.56 Å². The van der Waals surface area contributed by atoms with Crippen molar-refractivity contribution in [1.29, 1.82) is 0 Å². The minimum absolute atomic E-state index is 0.626. The molecular weight excluding hydrogens is 446 g/mol. The van der Waals surface area contributed by atoms with Gasteiger partial charge < -0.3 is 10.2 Å². The first-order valence-electron chi connectivity index (χ1n) is 12.5. The lowest BCUT2D eigenvalue weighted by Gasteiger charge is -2.22. The van der Waals surface area contributed by atoms with Gasteiger partial charge in [-0.2, -0.15) is 0 Å². The van der Waals surface area contributed by atoms with Gasteiger partial charge in [-0.3, -0.25) is 9.97 Å². The van der Waals surface area contributed by atoms with E-state index >= 15 is 0 Å². The van der Waals surface area contributed by atoms with Crippen molar-refractivity contribution in [3.63, 3.8) is 0 Å². The molecule has 7 heteroatoms. The summed E-state index contributed by atoms with van der Waals surface area (Å²) in [5.74, 6) is 0. The molecule has 7 nitrogen and oxygen atoms in total. The molecule has 5 aromatic rings. The number of pyridine rings is 2. The van der Waals surface area contributed by atoms with E-state index in [0.29, 0.717) is 6.54 Å². The smallest absolute Gasteiger partial charge is 0.122 e. The summed E-state index contributed by atoms with van der Waals surface area (Å²) in [5, 5.41) is 13.8. The quantitative estimate of drug-likeness (QED) is 0.397. The van der Waals surface area contributed by atoms with Gasteiger partial charge in [0.2, 0.25) is 0 Å². The number of hydrogen-bond donors (Lipinski definition) is 1. The molecule has 6 rings (SSSR count). The highest BCUT2D eigenvalue weighted by Gasteiger charge is 2.19. The summed E-state index contributed by atoms with van der Waals surface area (Å²) in [7, 11) is 0. The van der Waals surface area contributed by atoms with Crippen molar-refractivity contribution in [2.75, 3.05) is 31.1 Å². The van der Waals surface area contributed by atoms with E-state index in [9.17, 15) is 0 Å². The molecule has 2 aromatic carbocycles. The molecule has 1 aliphatic heterocycles. The summed E-state index contributed by atoms with van der Waals surface area (Å²) in [4.78, 5) is 12.0. The van der Waals surface area contributed by atoms with Crippen LogP contribution in [0.5, 0.6) is 0 Å². The first-order chi connectivity index (χ1) is 17.7. The summed E-state index contributed by atoms with van der Waals surface area (Å²) in [5.41, 5.74) is 7.90. The summed E-state index contributed by atoms with van der Waals surface area (Å²) >= 11 is 0. The molecule has 1 N–H and O–H groups in total. The zero-order chi connectivity index (χ0) is 24.3. The SMILES string of the molecule is Cc1cccc(-c2c(-c3ccc4ncc(N5CCCNCC5)cc4c3)nnn2Cc2ccccc2)n1. The van der Waals surface area contributed by atoms with Crippen molar-refractivity contribution in [3.8, 4) is 22.6 Å². The lowest BCUT2D eigenvalue weighted by Crippen LogP contribution is -2.27. The Morgan fingerprint density at radius 2 is 1.83 bits per heavy atom. The van der Waals surface area contributed by atoms with Crippen LogP contribution in [0.4, 0.5) is 5.69 Å². The van der Waals surface area contributed by atoms with Crippen LogP contribution in [0.15, 0.2) is 79.0 Å². The molecule has 3 aromatic heterocycles. The molecular formula is C29H29N7. The number of rotatable bonds is 5. The zero-order valence-electron chi connectivity index (χ0n) is 20.4. The van der Waals surface area contributed by atoms with Crippen molar-refractivity contribution >= 4 is 16.6 Å². The summed E-state index contributed by atoms with van der Waals surface area (Å²) < 4.78 is 1.95. The highest BCUT2D eigenvalue weighted by Crippen LogP contribution is 2.32. The van der Waals surface area contributed by atoms with Crippen LogP contribution >= 0.6 is 0 Å². The van der Waals surface area contributed by atoms with Crippen LogP contribution in [0, 0.1) is 6.92 Å². The Bertz CT molecular complexity index is 1480. The Morgan fingerprint density at radius 3 is 2.72 bits per heavy atom. The third-order valence-electron chi connectivity index (χ3n) is 6.69. The number of nitrogens with zero attached hydrogens (tertiary/aromatic N) is 6. The van der Waals surface area contributed by atoms with Crippen molar-refractivity contribution in [2.45, 2.75) is 19.9 Å². The minimum atomic E-state index is 0.626. The second-order valence-corrected chi connectivity index (χ2v) is 9.29. The van der Waals surface area contributed by atoms with Crippen LogP contribution < -0.4 is 10.2 Å². The van der Waals surface area contributed by atoms with Gasteiger partial charge in [0, 0.05) is 36.3 Å². The third kappa shape index (κ3) is 4.57. The van der Waals surface area contributed by atoms with E-state index in [4.69, 9.17) is 9.97 Å². The summed E-state index contributed by atoms with van der Waals surface area (Å²) in [6.07, 6.45) is 3.13. The van der Waals surface area contributed by atoms with E-state index < -0.39 is 0 Å². The van der Waals surface area contributed by atoms with E-state index in [1.807, 2.05) is 54.2 Å². The average Bonchev–Trinajstić information content (AvgIpc) is 3.13. The van der Waals surface area contributed by atoms with Gasteiger partial charge in [0.15, 0.2) is 0 Å². The van der Waals surface area contributed by atoms with Gasteiger partial charge in [-0.1, -0.05) is 47.7 Å². The first-order valence-corrected chi connectivity index (χ1v) is 12.5. The van der Waals surface area contributed by atoms with E-state index in [2.05, 4.69) is 56.9 Å². The molecule has 0 atom stereocenters. The fraction of sp³-hybridized carbons (Fsp3) is 0.241. The van der Waals surface area contributed by atoms with E-state index in [1.54, 1.807) is 0 Å². The molecule has 1 fully saturated rings. The standard InChI is InChI=1S/C29H29N7/c1-21-7-5-10-27(32-21)29-28(33-34-36(29)20-22-8-3-2-4-9-22)23-11-12-26-24(17-23)18-25(19-31-26)35-15-6-13-30-14-16-35/h2-5,7-12,17-19,30H,6,13-16,20H2,1H3. The third-order valence-corrected chi connectivity index (χ3v) is 6.69. The van der Waals surface area contributed by atoms with Gasteiger partial charge in [0.1, 0.15) is 11.4 Å². The molecule has 0 aliphatic carbocycles. The van der Waals surface area contributed by atoms with Crippen molar-refractivity contribution in [1.82, 2.24) is 30.3 Å². The van der Waals surface area contributed by atoms with E-state index in [-0.39, 0.29) is 0 Å². The first kappa shape index (κ1) is 22.4. The van der Waals surface area contributed by atoms with Crippen LogP contribution in [0.3, 0.4) is 0 Å². The lowest BCUT2D eigenvalue weighted by molar-refractivity contribution is 0.654. The van der Waals surface area contributed by atoms with Gasteiger partial charge in [-0.05, 0) is 55.8 Å². The van der Waals surface area contributed by atoms with Crippen molar-refractivity contribution in [3.05, 3.63) is 90.3 Å². The zero-order valence-corrected chi connectivity index (χ0v) is 20.4. The summed E-state index contributed by atoms with van der Waals surface area (Å²) in [6, 6.07) is 25.0. The van der Waals surface area contributed by atoms with Crippen molar-refractivity contribution < 1.29 is 0 Å². The normalized spacial score (nSPS) is 14.2. The maximum absolute atomic E-state index is 4.82. The molecule has 0 unspecified atom stereocenters. The number of benzene rings is 2. The van der Waals surface area contributed by atoms with Crippen LogP contribution in [-0.2, 0) is 6.54 Å². The number of aromatic nitrogens is 5. The second-order valence-electron chi connectivity index (χ2n) is 9.29. The van der Waals surface area contributed by atoms with Crippen LogP contribution in [0.1, 0.15) is 17.7 Å². The van der Waals surface area contributed by atoms with Gasteiger partial charge in [0.25, 0.3) is 0 Å². The molecule has 1 saturated heterocycles. The molecule has 36 heavy (non-hydrogen) atoms. The molecule has 0 amide bonds. The van der Waals surface area contributed by atoms with Gasteiger partial charge in [-0.25, -0.2) is 4.68 Å². The number of fused-ring (bicyclic) bond motifs is 1. The Balaban J connectivity index is 1.43. The molecule has 4 heterocycles. The lowest BCUT2D eigenvalue weighted by atomic mass is 10.0. The molecule has 0 saturated carbocycles. The predicted molar refractivity (Wildman–Crippen MR) is 144 cm³/mol. The molecule has 0 spiro atoms. The van der Waals surface area contributed by atoms with Crippen molar-refractivity contribution in [2.24, 2.45) is 0 Å². The Kier molecular flexibility index (Phi) is 6.13. The molecule has 1 aliphatic rings. The van der Waals surface area contributed by atoms with Crippen LogP contribution in [0.25, 0.3) is 33.5 Å². The van der Waals surface area contributed by atoms with Gasteiger partial charge >= 0.3 is 0 Å². The number of hydrogen-bond acceptors (Lipinski definition) is 6. The molecule has 0 radical (unpaired) electrons. The Hall–Kier alpha value is -4.10. The fourth-order valence-corrected chi connectivity index (χ4v) is 4.85. The topological polar surface area (TPSA) is 71.8 Å². The number of aryl methyl sites for hydroxylation is 1. The number of anilines is 1. The Morgan fingerprint density at radius 1 is 0.917 bits per heavy atom. The van der Waals surface area contributed by atoms with Crippen LogP contribution in [0.2, 0.25) is 0 Å². The minimum Gasteiger partial charge on any atom is -0.369 e. The average molecular weight is 476 g/mol. The van der Waals surface area contributed by atoms with Gasteiger partial charge in [0.05, 0.1) is 29.6 Å². The fourth-order valence-electron chi connectivity index (χ4n) is 4.85. The largest absolute Gasteiger partial charge is 0.369 e. The van der Waals surface area contributed by atoms with E-state index in [0.717, 1.165) is 77.5 Å². The molecule has 180 valence electrons. The van der Waals surface area contributed by atoms with Crippen LogP contribution in [-0.4, -0.2) is 51.1 Å².